The average Bonchev–Trinajstić information content (AvgIpc) is 2.37. The molecule has 1 aromatic rings. The first-order valence-corrected chi connectivity index (χ1v) is 8.64. The first kappa shape index (κ1) is 16.5. The number of nitrogens with zero attached hydrogens (tertiary/aromatic N) is 1. The monoisotopic (exact) mass is 351 g/mol. The summed E-state index contributed by atoms with van der Waals surface area (Å²) in [6.07, 6.45) is 0.980. The van der Waals surface area contributed by atoms with Crippen LogP contribution in [0.15, 0.2) is 23.1 Å². The van der Waals surface area contributed by atoms with Crippen molar-refractivity contribution in [2.24, 2.45) is 5.92 Å². The Balaban J connectivity index is 2.40. The summed E-state index contributed by atoms with van der Waals surface area (Å²) in [4.78, 5) is 11.2. The number of hydrogen-bond donors (Lipinski definition) is 1. The third kappa shape index (κ3) is 3.34. The van der Waals surface area contributed by atoms with Gasteiger partial charge in [0.15, 0.2) is 0 Å². The molecule has 1 heterocycles. The van der Waals surface area contributed by atoms with E-state index < -0.39 is 28.0 Å². The van der Waals surface area contributed by atoms with Crippen molar-refractivity contribution in [1.82, 2.24) is 4.31 Å². The fourth-order valence-electron chi connectivity index (χ4n) is 2.59. The highest BCUT2D eigenvalue weighted by Crippen LogP contribution is 2.31. The highest BCUT2D eigenvalue weighted by Gasteiger charge is 2.39. The Morgan fingerprint density at radius 1 is 1.29 bits per heavy atom. The molecule has 1 aliphatic rings. The summed E-state index contributed by atoms with van der Waals surface area (Å²) in [6, 6.07) is 3.47. The van der Waals surface area contributed by atoms with E-state index in [1.54, 1.807) is 6.92 Å². The predicted octanol–water partition coefficient (Wildman–Crippen LogP) is 2.87. The van der Waals surface area contributed by atoms with Crippen LogP contribution in [0, 0.1) is 5.92 Å². The quantitative estimate of drug-likeness (QED) is 0.908. The van der Waals surface area contributed by atoms with Crippen molar-refractivity contribution in [1.29, 1.82) is 0 Å². The van der Waals surface area contributed by atoms with E-state index in [2.05, 4.69) is 0 Å². The molecule has 0 radical (unpaired) electrons. The minimum atomic E-state index is -3.82. The molecule has 5 nitrogen and oxygen atoms in total. The number of halogens is 2. The molecule has 1 N–H and O–H groups in total. The van der Waals surface area contributed by atoms with Crippen LogP contribution in [0.5, 0.6) is 0 Å². The highest BCUT2D eigenvalue weighted by molar-refractivity contribution is 7.89. The Morgan fingerprint density at radius 2 is 1.86 bits per heavy atom. The molecule has 0 saturated carbocycles. The molecule has 0 spiro atoms. The van der Waals surface area contributed by atoms with Gasteiger partial charge in [-0.15, -0.1) is 0 Å². The van der Waals surface area contributed by atoms with Crippen molar-refractivity contribution in [2.75, 3.05) is 6.54 Å². The number of carboxylic acids is 1. The normalized spacial score (nSPS) is 24.0. The number of benzene rings is 1. The maximum atomic E-state index is 12.7. The first-order chi connectivity index (χ1) is 9.73. The van der Waals surface area contributed by atoms with Crippen LogP contribution in [0.2, 0.25) is 10.0 Å². The van der Waals surface area contributed by atoms with Crippen molar-refractivity contribution in [3.05, 3.63) is 28.2 Å². The van der Waals surface area contributed by atoms with Crippen molar-refractivity contribution in [3.63, 3.8) is 0 Å². The number of hydrogen-bond acceptors (Lipinski definition) is 3. The van der Waals surface area contributed by atoms with Crippen molar-refractivity contribution >= 4 is 39.2 Å². The lowest BCUT2D eigenvalue weighted by Gasteiger charge is -2.36. The third-order valence-electron chi connectivity index (χ3n) is 3.69. The topological polar surface area (TPSA) is 74.7 Å². The number of piperidine rings is 1. The summed E-state index contributed by atoms with van der Waals surface area (Å²) in [5.41, 5.74) is 0. The van der Waals surface area contributed by atoms with Crippen LogP contribution in [-0.4, -0.2) is 36.4 Å². The number of aliphatic carboxylic acids is 1. The Labute approximate surface area is 133 Å². The zero-order chi connectivity index (χ0) is 15.8. The van der Waals surface area contributed by atoms with Crippen molar-refractivity contribution in [2.45, 2.75) is 30.7 Å². The second-order valence-electron chi connectivity index (χ2n) is 5.05. The van der Waals surface area contributed by atoms with Gasteiger partial charge in [0, 0.05) is 22.6 Å². The van der Waals surface area contributed by atoms with E-state index in [-0.39, 0.29) is 21.5 Å². The SMILES string of the molecule is C[C@@H]1[C@H](C(=O)O)CCCN1S(=O)(=O)c1cc(Cl)cc(Cl)c1. The summed E-state index contributed by atoms with van der Waals surface area (Å²) < 4.78 is 26.6. The fraction of sp³-hybridized carbons (Fsp3) is 0.462. The lowest BCUT2D eigenvalue weighted by Crippen LogP contribution is -2.48. The van der Waals surface area contributed by atoms with Gasteiger partial charge in [-0.2, -0.15) is 4.31 Å². The fourth-order valence-corrected chi connectivity index (χ4v) is 5.03. The van der Waals surface area contributed by atoms with Crippen LogP contribution in [0.4, 0.5) is 0 Å². The van der Waals surface area contributed by atoms with Gasteiger partial charge < -0.3 is 5.11 Å². The highest BCUT2D eigenvalue weighted by atomic mass is 35.5. The maximum absolute atomic E-state index is 12.7. The van der Waals surface area contributed by atoms with Gasteiger partial charge in [-0.25, -0.2) is 8.42 Å². The van der Waals surface area contributed by atoms with E-state index in [1.165, 1.54) is 22.5 Å². The second kappa shape index (κ2) is 6.12. The number of rotatable bonds is 3. The van der Waals surface area contributed by atoms with Gasteiger partial charge in [0.05, 0.1) is 10.8 Å². The lowest BCUT2D eigenvalue weighted by molar-refractivity contribution is -0.144. The van der Waals surface area contributed by atoms with Gasteiger partial charge in [0.2, 0.25) is 10.0 Å². The minimum Gasteiger partial charge on any atom is -0.481 e. The Hall–Kier alpha value is -0.820. The van der Waals surface area contributed by atoms with Gasteiger partial charge in [0.25, 0.3) is 0 Å². The summed E-state index contributed by atoms with van der Waals surface area (Å²) in [5.74, 6) is -1.69. The number of sulfonamides is 1. The molecule has 0 bridgehead atoms. The lowest BCUT2D eigenvalue weighted by atomic mass is 9.92. The molecule has 0 amide bonds. The molecule has 0 aromatic heterocycles. The predicted molar refractivity (Wildman–Crippen MR) is 80.2 cm³/mol. The van der Waals surface area contributed by atoms with Crippen molar-refractivity contribution in [3.8, 4) is 0 Å². The van der Waals surface area contributed by atoms with E-state index in [4.69, 9.17) is 23.2 Å². The minimum absolute atomic E-state index is 0.0158. The zero-order valence-electron chi connectivity index (χ0n) is 11.3. The maximum Gasteiger partial charge on any atom is 0.308 e. The number of carbonyl (C=O) groups is 1. The molecule has 116 valence electrons. The molecule has 2 atom stereocenters. The van der Waals surface area contributed by atoms with Crippen LogP contribution in [0.25, 0.3) is 0 Å². The molecule has 1 saturated heterocycles. The first-order valence-electron chi connectivity index (χ1n) is 6.44. The van der Waals surface area contributed by atoms with Crippen LogP contribution in [-0.2, 0) is 14.8 Å². The molecule has 1 aromatic carbocycles. The van der Waals surface area contributed by atoms with E-state index in [9.17, 15) is 18.3 Å². The zero-order valence-corrected chi connectivity index (χ0v) is 13.6. The van der Waals surface area contributed by atoms with E-state index >= 15 is 0 Å². The van der Waals surface area contributed by atoms with Crippen LogP contribution in [0.1, 0.15) is 19.8 Å². The summed E-state index contributed by atoms with van der Waals surface area (Å²) in [7, 11) is -3.82. The van der Waals surface area contributed by atoms with Gasteiger partial charge in [-0.3, -0.25) is 4.79 Å². The summed E-state index contributed by atoms with van der Waals surface area (Å²) in [5, 5.41) is 9.63. The molecule has 0 unspecified atom stereocenters. The molecular weight excluding hydrogens is 337 g/mol. The van der Waals surface area contributed by atoms with Crippen LogP contribution < -0.4 is 0 Å². The van der Waals surface area contributed by atoms with Crippen LogP contribution >= 0.6 is 23.2 Å². The molecule has 1 fully saturated rings. The molecule has 8 heteroatoms. The largest absolute Gasteiger partial charge is 0.481 e. The van der Waals surface area contributed by atoms with E-state index in [1.807, 2.05) is 0 Å². The standard InChI is InChI=1S/C13H15Cl2NO4S/c1-8-12(13(17)18)3-2-4-16(8)21(19,20)11-6-9(14)5-10(15)7-11/h5-8,12H,2-4H2,1H3,(H,17,18)/t8-,12-/m1/s1. The van der Waals surface area contributed by atoms with E-state index in [0.717, 1.165) is 0 Å². The van der Waals surface area contributed by atoms with Gasteiger partial charge in [0.1, 0.15) is 0 Å². The average molecular weight is 352 g/mol. The van der Waals surface area contributed by atoms with Gasteiger partial charge in [-0.1, -0.05) is 23.2 Å². The van der Waals surface area contributed by atoms with Gasteiger partial charge >= 0.3 is 5.97 Å². The Morgan fingerprint density at radius 3 is 2.38 bits per heavy atom. The smallest absolute Gasteiger partial charge is 0.308 e. The molecule has 0 aliphatic carbocycles. The van der Waals surface area contributed by atoms with Crippen molar-refractivity contribution < 1.29 is 18.3 Å². The summed E-state index contributed by atoms with van der Waals surface area (Å²) in [6.45, 7) is 1.90. The second-order valence-corrected chi connectivity index (χ2v) is 7.81. The van der Waals surface area contributed by atoms with Crippen LogP contribution in [0.3, 0.4) is 0 Å². The molecular formula is C13H15Cl2NO4S. The summed E-state index contributed by atoms with van der Waals surface area (Å²) >= 11 is 11.7. The molecule has 2 rings (SSSR count). The Kier molecular flexibility index (Phi) is 4.82. The molecule has 1 aliphatic heterocycles. The van der Waals surface area contributed by atoms with E-state index in [0.29, 0.717) is 12.8 Å². The van der Waals surface area contributed by atoms with Gasteiger partial charge in [-0.05, 0) is 38.0 Å². The Bertz CT molecular complexity index is 642. The molecule has 21 heavy (non-hydrogen) atoms. The number of carboxylic acid groups (broad SMARTS) is 1. The third-order valence-corrected chi connectivity index (χ3v) is 6.09.